The molecule has 0 atom stereocenters. The van der Waals surface area contributed by atoms with Crippen molar-refractivity contribution in [3.63, 3.8) is 0 Å². The van der Waals surface area contributed by atoms with E-state index in [1.54, 1.807) is 7.11 Å². The van der Waals surface area contributed by atoms with Crippen LogP contribution < -0.4 is 9.47 Å². The molecule has 0 aromatic heterocycles. The molecule has 4 aromatic rings. The second-order valence-electron chi connectivity index (χ2n) is 9.96. The summed E-state index contributed by atoms with van der Waals surface area (Å²) < 4.78 is 11.7. The molecule has 0 heterocycles. The maximum absolute atomic E-state index is 13.3. The maximum atomic E-state index is 13.3. The van der Waals surface area contributed by atoms with Crippen LogP contribution in [0.25, 0.3) is 0 Å². The molecule has 0 bridgehead atoms. The number of carbonyl (C=O) groups is 1. The van der Waals surface area contributed by atoms with E-state index in [4.69, 9.17) is 9.47 Å². The second-order valence-corrected chi connectivity index (χ2v) is 9.96. The number of hydrogen-bond donors (Lipinski definition) is 0. The largest absolute Gasteiger partial charge is 0.493 e. The molecule has 5 rings (SSSR count). The van der Waals surface area contributed by atoms with Gasteiger partial charge in [-0.25, -0.2) is 0 Å². The molecule has 38 heavy (non-hydrogen) atoms. The van der Waals surface area contributed by atoms with Gasteiger partial charge in [-0.05, 0) is 53.6 Å². The molecule has 1 aliphatic carbocycles. The number of rotatable bonds is 12. The predicted molar refractivity (Wildman–Crippen MR) is 151 cm³/mol. The molecular weight excluding hydrogens is 470 g/mol. The lowest BCUT2D eigenvalue weighted by atomic mass is 9.88. The third kappa shape index (κ3) is 6.63. The van der Waals surface area contributed by atoms with E-state index >= 15 is 0 Å². The summed E-state index contributed by atoms with van der Waals surface area (Å²) in [7, 11) is 1.66. The number of amides is 1. The van der Waals surface area contributed by atoms with Crippen molar-refractivity contribution in [1.29, 1.82) is 0 Å². The minimum absolute atomic E-state index is 0.164. The first kappa shape index (κ1) is 25.6. The van der Waals surface area contributed by atoms with Crippen LogP contribution in [0.5, 0.6) is 11.5 Å². The van der Waals surface area contributed by atoms with Crippen molar-refractivity contribution in [3.8, 4) is 11.5 Å². The summed E-state index contributed by atoms with van der Waals surface area (Å²) in [6, 6.07) is 37.3. The van der Waals surface area contributed by atoms with Crippen molar-refractivity contribution in [1.82, 2.24) is 4.90 Å². The van der Waals surface area contributed by atoms with Gasteiger partial charge in [0.25, 0.3) is 0 Å². The first-order valence-electron chi connectivity index (χ1n) is 13.4. The molecule has 0 saturated heterocycles. The second kappa shape index (κ2) is 12.5. The van der Waals surface area contributed by atoms with Crippen LogP contribution in [-0.2, 0) is 17.9 Å². The Bertz CT molecular complexity index is 1260. The molecule has 4 heteroatoms. The molecule has 0 N–H and O–H groups in total. The topological polar surface area (TPSA) is 38.8 Å². The fraction of sp³-hybridized carbons (Fsp3) is 0.265. The monoisotopic (exact) mass is 505 g/mol. The molecule has 194 valence electrons. The van der Waals surface area contributed by atoms with E-state index in [1.807, 2.05) is 53.4 Å². The SMILES string of the molecule is COc1cc(CN(CCC(c2ccccc2)c2ccccc2)C(=O)C2CC2)ccc1OCc1ccccc1. The van der Waals surface area contributed by atoms with Gasteiger partial charge in [-0.2, -0.15) is 0 Å². The van der Waals surface area contributed by atoms with Crippen LogP contribution in [0.3, 0.4) is 0 Å². The van der Waals surface area contributed by atoms with Gasteiger partial charge in [-0.1, -0.05) is 97.1 Å². The lowest BCUT2D eigenvalue weighted by Crippen LogP contribution is -2.33. The van der Waals surface area contributed by atoms with Crippen molar-refractivity contribution in [2.75, 3.05) is 13.7 Å². The highest BCUT2D eigenvalue weighted by Gasteiger charge is 2.33. The Balaban J connectivity index is 1.31. The Hall–Kier alpha value is -4.05. The molecular formula is C34H35NO3. The van der Waals surface area contributed by atoms with Gasteiger partial charge in [-0.3, -0.25) is 4.79 Å². The van der Waals surface area contributed by atoms with Crippen molar-refractivity contribution < 1.29 is 14.3 Å². The van der Waals surface area contributed by atoms with Gasteiger partial charge in [0.1, 0.15) is 6.61 Å². The number of ether oxygens (including phenoxy) is 2. The van der Waals surface area contributed by atoms with E-state index in [0.717, 1.165) is 30.4 Å². The summed E-state index contributed by atoms with van der Waals surface area (Å²) in [6.07, 6.45) is 2.85. The standard InChI is InChI=1S/C34H35NO3/c1-37-33-23-27(17-20-32(33)38-25-26-11-5-2-6-12-26)24-35(34(36)30-18-19-30)22-21-31(28-13-7-3-8-14-28)29-15-9-4-10-16-29/h2-17,20,23,30-31H,18-19,21-22,24-25H2,1H3. The van der Waals surface area contributed by atoms with Gasteiger partial charge in [0.2, 0.25) is 5.91 Å². The van der Waals surface area contributed by atoms with Gasteiger partial charge >= 0.3 is 0 Å². The van der Waals surface area contributed by atoms with Crippen LogP contribution in [0, 0.1) is 5.92 Å². The molecule has 0 spiro atoms. The van der Waals surface area contributed by atoms with E-state index in [0.29, 0.717) is 31.2 Å². The Morgan fingerprint density at radius 1 is 0.789 bits per heavy atom. The lowest BCUT2D eigenvalue weighted by Gasteiger charge is -2.27. The van der Waals surface area contributed by atoms with Gasteiger partial charge in [-0.15, -0.1) is 0 Å². The molecule has 0 radical (unpaired) electrons. The highest BCUT2D eigenvalue weighted by molar-refractivity contribution is 5.81. The first-order valence-corrected chi connectivity index (χ1v) is 13.4. The van der Waals surface area contributed by atoms with Gasteiger partial charge < -0.3 is 14.4 Å². The quantitative estimate of drug-likeness (QED) is 0.204. The Morgan fingerprint density at radius 2 is 1.39 bits per heavy atom. The lowest BCUT2D eigenvalue weighted by molar-refractivity contribution is -0.133. The Labute approximate surface area is 225 Å². The van der Waals surface area contributed by atoms with E-state index in [2.05, 4.69) is 60.7 Å². The van der Waals surface area contributed by atoms with Gasteiger partial charge in [0.15, 0.2) is 11.5 Å². The molecule has 1 saturated carbocycles. The average molecular weight is 506 g/mol. The smallest absolute Gasteiger partial charge is 0.225 e. The minimum atomic E-state index is 0.164. The van der Waals surface area contributed by atoms with Crippen LogP contribution >= 0.6 is 0 Å². The zero-order chi connectivity index (χ0) is 26.2. The number of hydrogen-bond acceptors (Lipinski definition) is 3. The van der Waals surface area contributed by atoms with E-state index in [9.17, 15) is 4.79 Å². The van der Waals surface area contributed by atoms with E-state index in [1.165, 1.54) is 11.1 Å². The Morgan fingerprint density at radius 3 is 1.97 bits per heavy atom. The molecule has 0 aliphatic heterocycles. The van der Waals surface area contributed by atoms with Crippen molar-refractivity contribution in [3.05, 3.63) is 131 Å². The number of benzene rings is 4. The molecule has 4 nitrogen and oxygen atoms in total. The fourth-order valence-corrected chi connectivity index (χ4v) is 4.92. The fourth-order valence-electron chi connectivity index (χ4n) is 4.92. The zero-order valence-electron chi connectivity index (χ0n) is 22.0. The maximum Gasteiger partial charge on any atom is 0.225 e. The van der Waals surface area contributed by atoms with Crippen LogP contribution in [0.1, 0.15) is 47.4 Å². The minimum Gasteiger partial charge on any atom is -0.493 e. The van der Waals surface area contributed by atoms with Crippen LogP contribution in [0.4, 0.5) is 0 Å². The highest BCUT2D eigenvalue weighted by Crippen LogP contribution is 2.34. The van der Waals surface area contributed by atoms with Crippen molar-refractivity contribution in [2.24, 2.45) is 5.92 Å². The molecule has 1 fully saturated rings. The average Bonchev–Trinajstić information content (AvgIpc) is 3.83. The molecule has 1 amide bonds. The highest BCUT2D eigenvalue weighted by atomic mass is 16.5. The van der Waals surface area contributed by atoms with E-state index < -0.39 is 0 Å². The number of carbonyl (C=O) groups excluding carboxylic acids is 1. The normalized spacial score (nSPS) is 12.8. The van der Waals surface area contributed by atoms with Gasteiger partial charge in [0, 0.05) is 24.9 Å². The Kier molecular flexibility index (Phi) is 8.39. The molecule has 0 unspecified atom stereocenters. The summed E-state index contributed by atoms with van der Waals surface area (Å²) in [5.41, 5.74) is 4.70. The zero-order valence-corrected chi connectivity index (χ0v) is 22.0. The third-order valence-corrected chi connectivity index (χ3v) is 7.17. The first-order chi connectivity index (χ1) is 18.7. The summed E-state index contributed by atoms with van der Waals surface area (Å²) in [6.45, 7) is 1.72. The summed E-state index contributed by atoms with van der Waals surface area (Å²) in [4.78, 5) is 15.4. The van der Waals surface area contributed by atoms with Crippen LogP contribution in [-0.4, -0.2) is 24.5 Å². The van der Waals surface area contributed by atoms with E-state index in [-0.39, 0.29) is 17.7 Å². The molecule has 4 aromatic carbocycles. The molecule has 1 aliphatic rings. The number of nitrogens with zero attached hydrogens (tertiary/aromatic N) is 1. The predicted octanol–water partition coefficient (Wildman–Crippen LogP) is 7.24. The number of methoxy groups -OCH3 is 1. The van der Waals surface area contributed by atoms with Crippen LogP contribution in [0.15, 0.2) is 109 Å². The van der Waals surface area contributed by atoms with Crippen molar-refractivity contribution in [2.45, 2.75) is 38.3 Å². The van der Waals surface area contributed by atoms with Gasteiger partial charge in [0.05, 0.1) is 7.11 Å². The summed E-state index contributed by atoms with van der Waals surface area (Å²) in [5.74, 6) is 2.04. The third-order valence-electron chi connectivity index (χ3n) is 7.17. The summed E-state index contributed by atoms with van der Waals surface area (Å²) >= 11 is 0. The summed E-state index contributed by atoms with van der Waals surface area (Å²) in [5, 5.41) is 0. The van der Waals surface area contributed by atoms with Crippen LogP contribution in [0.2, 0.25) is 0 Å². The van der Waals surface area contributed by atoms with Crippen molar-refractivity contribution >= 4 is 5.91 Å².